The van der Waals surface area contributed by atoms with E-state index in [9.17, 15) is 60.7 Å². The summed E-state index contributed by atoms with van der Waals surface area (Å²) in [5, 5.41) is 69.7. The Morgan fingerprint density at radius 1 is 0.655 bits per heavy atom. The van der Waals surface area contributed by atoms with Crippen LogP contribution in [0.1, 0.15) is 38.5 Å². The Bertz CT molecular complexity index is 742. The third kappa shape index (κ3) is 2.47. The van der Waals surface area contributed by atoms with Gasteiger partial charge in [-0.3, -0.25) is 60.7 Å². The summed E-state index contributed by atoms with van der Waals surface area (Å²) < 4.78 is 0. The minimum absolute atomic E-state index is 0.0904. The molecule has 2 rings (SSSR count). The highest BCUT2D eigenvalue weighted by molar-refractivity contribution is 5.02. The Kier molecular flexibility index (Phi) is 5.07. The second kappa shape index (κ2) is 6.78. The molecule has 0 spiro atoms. The van der Waals surface area contributed by atoms with E-state index in [0.717, 1.165) is 0 Å². The zero-order valence-corrected chi connectivity index (χ0v) is 14.5. The summed E-state index contributed by atoms with van der Waals surface area (Å²) in [4.78, 5) is 58.5. The topological polar surface area (TPSA) is 259 Å². The van der Waals surface area contributed by atoms with Gasteiger partial charge in [0, 0.05) is 0 Å². The predicted octanol–water partition coefficient (Wildman–Crippen LogP) is 0.541. The van der Waals surface area contributed by atoms with Crippen LogP contribution in [0.15, 0.2) is 0 Å². The van der Waals surface area contributed by atoms with Gasteiger partial charge in [0.15, 0.2) is 29.5 Å². The SMILES string of the molecule is O=[N+]([O-])C(C1CCC2CCCC1(C([N+](=O)[O-])([N+](=O)[O-])[N+](=O)[O-])C2)([N+](=O)[O-])[N+](=O)[O-]. The molecule has 0 amide bonds. The lowest BCUT2D eigenvalue weighted by Crippen LogP contribution is -2.75. The van der Waals surface area contributed by atoms with Gasteiger partial charge >= 0.3 is 11.6 Å². The van der Waals surface area contributed by atoms with Gasteiger partial charge in [-0.1, -0.05) is 12.8 Å². The maximum atomic E-state index is 11.7. The van der Waals surface area contributed by atoms with Crippen LogP contribution in [0.4, 0.5) is 0 Å². The summed E-state index contributed by atoms with van der Waals surface area (Å²) in [6.07, 6.45) is -2.12. The van der Waals surface area contributed by atoms with E-state index in [1.807, 2.05) is 0 Å². The summed E-state index contributed by atoms with van der Waals surface area (Å²) >= 11 is 0. The molecule has 29 heavy (non-hydrogen) atoms. The summed E-state index contributed by atoms with van der Waals surface area (Å²) in [7, 11) is 0. The lowest BCUT2D eigenvalue weighted by Gasteiger charge is -2.45. The lowest BCUT2D eigenvalue weighted by molar-refractivity contribution is -1.01. The van der Waals surface area contributed by atoms with E-state index in [1.165, 1.54) is 0 Å². The Hall–Kier alpha value is -3.60. The van der Waals surface area contributed by atoms with E-state index in [4.69, 9.17) is 0 Å². The van der Waals surface area contributed by atoms with Crippen molar-refractivity contribution in [2.45, 2.75) is 50.1 Å². The Morgan fingerprint density at radius 3 is 1.48 bits per heavy atom. The van der Waals surface area contributed by atoms with Crippen molar-refractivity contribution in [3.8, 4) is 0 Å². The van der Waals surface area contributed by atoms with E-state index in [1.54, 1.807) is 0 Å². The van der Waals surface area contributed by atoms with Gasteiger partial charge in [-0.2, -0.15) is 0 Å². The third-order valence-electron chi connectivity index (χ3n) is 6.12. The number of fused-ring (bicyclic) bond motifs is 2. The maximum Gasteiger partial charge on any atom is 0.706 e. The first-order chi connectivity index (χ1) is 13.3. The average molecular weight is 422 g/mol. The van der Waals surface area contributed by atoms with Crippen LogP contribution in [0, 0.1) is 77.9 Å². The molecule has 0 radical (unpaired) electrons. The molecule has 0 N–H and O–H groups in total. The molecule has 18 nitrogen and oxygen atoms in total. The van der Waals surface area contributed by atoms with Crippen molar-refractivity contribution in [2.24, 2.45) is 17.3 Å². The molecule has 3 unspecified atom stereocenters. The molecular weight excluding hydrogens is 408 g/mol. The van der Waals surface area contributed by atoms with E-state index in [-0.39, 0.29) is 12.8 Å². The molecule has 0 heterocycles. The molecule has 0 aromatic rings. The zero-order chi connectivity index (χ0) is 22.4. The predicted molar refractivity (Wildman–Crippen MR) is 84.5 cm³/mol. The van der Waals surface area contributed by atoms with Crippen molar-refractivity contribution in [3.05, 3.63) is 60.7 Å². The number of nitro groups is 6. The third-order valence-corrected chi connectivity index (χ3v) is 6.12. The Labute approximate surface area is 158 Å². The first-order valence-electron chi connectivity index (χ1n) is 8.20. The van der Waals surface area contributed by atoms with Gasteiger partial charge in [-0.25, -0.2) is 0 Å². The van der Waals surface area contributed by atoms with Gasteiger partial charge in [0.2, 0.25) is 11.3 Å². The molecular formula is C11H14N6O12. The van der Waals surface area contributed by atoms with Gasteiger partial charge in [0.25, 0.3) is 0 Å². The second-order valence-electron chi connectivity index (χ2n) is 7.11. The molecule has 0 saturated heterocycles. The fourth-order valence-corrected chi connectivity index (χ4v) is 5.10. The fourth-order valence-electron chi connectivity index (χ4n) is 5.10. The molecule has 0 aliphatic heterocycles. The first-order valence-corrected chi connectivity index (χ1v) is 8.20. The van der Waals surface area contributed by atoms with Crippen molar-refractivity contribution in [1.29, 1.82) is 0 Å². The van der Waals surface area contributed by atoms with Crippen LogP contribution in [0.5, 0.6) is 0 Å². The van der Waals surface area contributed by atoms with Crippen molar-refractivity contribution in [3.63, 3.8) is 0 Å². The van der Waals surface area contributed by atoms with Gasteiger partial charge in [-0.05, 0) is 31.6 Å². The summed E-state index contributed by atoms with van der Waals surface area (Å²) in [6, 6.07) is 0. The quantitative estimate of drug-likeness (QED) is 0.295. The Morgan fingerprint density at radius 2 is 1.10 bits per heavy atom. The molecule has 2 bridgehead atoms. The summed E-state index contributed by atoms with van der Waals surface area (Å²) in [5.41, 5.74) is -2.92. The van der Waals surface area contributed by atoms with Crippen LogP contribution in [0.3, 0.4) is 0 Å². The lowest BCUT2D eigenvalue weighted by atomic mass is 9.52. The van der Waals surface area contributed by atoms with Gasteiger partial charge < -0.3 is 0 Å². The van der Waals surface area contributed by atoms with Crippen LogP contribution in [0.2, 0.25) is 0 Å². The van der Waals surface area contributed by atoms with Gasteiger partial charge in [-0.15, -0.1) is 0 Å². The average Bonchev–Trinajstić information content (AvgIpc) is 2.56. The van der Waals surface area contributed by atoms with Gasteiger partial charge in [0.05, 0.1) is 0 Å². The highest BCUT2D eigenvalue weighted by Crippen LogP contribution is 2.62. The molecule has 160 valence electrons. The van der Waals surface area contributed by atoms with E-state index in [2.05, 4.69) is 0 Å². The van der Waals surface area contributed by atoms with E-state index in [0.29, 0.717) is 6.42 Å². The molecule has 2 fully saturated rings. The zero-order valence-electron chi connectivity index (χ0n) is 14.5. The molecule has 3 atom stereocenters. The van der Waals surface area contributed by atoms with E-state index < -0.39 is 77.6 Å². The Balaban J connectivity index is 2.98. The first kappa shape index (κ1) is 21.7. The molecule has 18 heteroatoms. The largest absolute Gasteiger partial charge is 0.706 e. The summed E-state index contributed by atoms with van der Waals surface area (Å²) in [6.45, 7) is 0. The molecule has 2 saturated carbocycles. The molecule has 0 aromatic carbocycles. The fraction of sp³-hybridized carbons (Fsp3) is 1.00. The minimum atomic E-state index is -4.32. The maximum absolute atomic E-state index is 11.7. The number of hydrogen-bond donors (Lipinski definition) is 0. The molecule has 2 aliphatic rings. The molecule has 0 aromatic heterocycles. The highest BCUT2D eigenvalue weighted by Gasteiger charge is 2.95. The number of nitrogens with zero attached hydrogens (tertiary/aromatic N) is 6. The van der Waals surface area contributed by atoms with Crippen LogP contribution in [-0.2, 0) is 0 Å². The number of rotatable bonds is 8. The highest BCUT2D eigenvalue weighted by atomic mass is 16.7. The number of hydrogen-bond acceptors (Lipinski definition) is 12. The normalized spacial score (nSPS) is 26.9. The van der Waals surface area contributed by atoms with Crippen LogP contribution in [0.25, 0.3) is 0 Å². The monoisotopic (exact) mass is 422 g/mol. The van der Waals surface area contributed by atoms with Crippen molar-refractivity contribution in [1.82, 2.24) is 0 Å². The van der Waals surface area contributed by atoms with E-state index >= 15 is 0 Å². The standard InChI is InChI=1S/C11H14N6O12/c18-12(19)10(13(20)21,14(22)23)8-4-3-7-2-1-5-9(8,6-7)11(15(24)25,16(26)27)17(28)29/h7-8H,1-6H2. The smallest absolute Gasteiger partial charge is 0.253 e. The van der Waals surface area contributed by atoms with Crippen LogP contribution >= 0.6 is 0 Å². The van der Waals surface area contributed by atoms with Crippen LogP contribution in [-0.4, -0.2) is 41.1 Å². The minimum Gasteiger partial charge on any atom is -0.253 e. The van der Waals surface area contributed by atoms with Crippen molar-refractivity contribution in [2.75, 3.05) is 0 Å². The van der Waals surface area contributed by atoms with Gasteiger partial charge in [0.1, 0.15) is 0 Å². The van der Waals surface area contributed by atoms with Crippen molar-refractivity contribution >= 4 is 0 Å². The van der Waals surface area contributed by atoms with Crippen molar-refractivity contribution < 1.29 is 29.5 Å². The van der Waals surface area contributed by atoms with Crippen LogP contribution < -0.4 is 0 Å². The summed E-state index contributed by atoms with van der Waals surface area (Å²) in [5.74, 6) is -11.8. The second-order valence-corrected chi connectivity index (χ2v) is 7.11. The molecule has 2 aliphatic carbocycles.